The Labute approximate surface area is 127 Å². The van der Waals surface area contributed by atoms with E-state index in [2.05, 4.69) is 9.88 Å². The summed E-state index contributed by atoms with van der Waals surface area (Å²) >= 11 is 0. The number of para-hydroxylation sites is 1. The van der Waals surface area contributed by atoms with Gasteiger partial charge in [0.1, 0.15) is 12.4 Å². The first-order valence-corrected chi connectivity index (χ1v) is 7.22. The fourth-order valence-electron chi connectivity index (χ4n) is 2.61. The van der Waals surface area contributed by atoms with Gasteiger partial charge in [0.25, 0.3) is 5.56 Å². The maximum atomic E-state index is 12.6. The van der Waals surface area contributed by atoms with E-state index in [1.54, 1.807) is 18.2 Å². The van der Waals surface area contributed by atoms with Crippen LogP contribution < -0.4 is 11.3 Å². The Morgan fingerprint density at radius 2 is 2.00 bits per heavy atom. The third-order valence-electron chi connectivity index (χ3n) is 3.72. The highest BCUT2D eigenvalue weighted by Crippen LogP contribution is 2.10. The van der Waals surface area contributed by atoms with E-state index < -0.39 is 5.91 Å². The lowest BCUT2D eigenvalue weighted by atomic mass is 10.2. The Morgan fingerprint density at radius 1 is 1.27 bits per heavy atom. The summed E-state index contributed by atoms with van der Waals surface area (Å²) in [6, 6.07) is 7.13. The zero-order valence-corrected chi connectivity index (χ0v) is 12.2. The van der Waals surface area contributed by atoms with Gasteiger partial charge in [-0.15, -0.1) is 0 Å². The Bertz CT molecular complexity index is 750. The normalized spacial score (nSPS) is 16.0. The second-order valence-corrected chi connectivity index (χ2v) is 5.29. The summed E-state index contributed by atoms with van der Waals surface area (Å²) in [4.78, 5) is 30.6. The average molecular weight is 302 g/mol. The van der Waals surface area contributed by atoms with Crippen LogP contribution in [0.25, 0.3) is 10.9 Å². The number of ether oxygens (including phenoxy) is 1. The van der Waals surface area contributed by atoms with Crippen LogP contribution in [0.4, 0.5) is 0 Å². The van der Waals surface area contributed by atoms with E-state index in [4.69, 9.17) is 10.5 Å². The van der Waals surface area contributed by atoms with Crippen LogP contribution in [0.15, 0.2) is 29.1 Å². The molecule has 1 aliphatic rings. The first kappa shape index (κ1) is 14.7. The fraction of sp³-hybridized carbons (Fsp3) is 0.400. The van der Waals surface area contributed by atoms with E-state index in [0.717, 1.165) is 13.1 Å². The average Bonchev–Trinajstić information content (AvgIpc) is 2.52. The number of carbonyl (C=O) groups excluding carboxylic acids is 1. The minimum atomic E-state index is -0.553. The maximum Gasteiger partial charge on any atom is 0.261 e. The van der Waals surface area contributed by atoms with Crippen LogP contribution in [0.2, 0.25) is 0 Å². The summed E-state index contributed by atoms with van der Waals surface area (Å²) < 4.78 is 6.70. The van der Waals surface area contributed by atoms with Crippen molar-refractivity contribution in [3.63, 3.8) is 0 Å². The highest BCUT2D eigenvalue weighted by molar-refractivity contribution is 5.78. The molecular formula is C15H18N4O3. The van der Waals surface area contributed by atoms with Gasteiger partial charge in [0.2, 0.25) is 5.91 Å². The molecule has 0 bridgehead atoms. The number of hydrogen-bond donors (Lipinski definition) is 1. The number of aromatic nitrogens is 2. The number of primary amides is 1. The number of carbonyl (C=O) groups is 1. The van der Waals surface area contributed by atoms with E-state index in [9.17, 15) is 9.59 Å². The molecule has 7 heteroatoms. The van der Waals surface area contributed by atoms with Crippen LogP contribution in [-0.4, -0.2) is 46.7 Å². The molecule has 1 aliphatic heterocycles. The Kier molecular flexibility index (Phi) is 4.17. The van der Waals surface area contributed by atoms with Crippen molar-refractivity contribution < 1.29 is 9.53 Å². The predicted molar refractivity (Wildman–Crippen MR) is 81.3 cm³/mol. The summed E-state index contributed by atoms with van der Waals surface area (Å²) in [5, 5.41) is 0.495. The molecule has 0 radical (unpaired) electrons. The molecule has 3 rings (SSSR count). The monoisotopic (exact) mass is 302 g/mol. The van der Waals surface area contributed by atoms with Crippen LogP contribution in [0, 0.1) is 0 Å². The molecule has 116 valence electrons. The van der Waals surface area contributed by atoms with Crippen molar-refractivity contribution in [3.05, 3.63) is 40.4 Å². The molecule has 7 nitrogen and oxygen atoms in total. The van der Waals surface area contributed by atoms with Crippen LogP contribution in [-0.2, 0) is 22.6 Å². The van der Waals surface area contributed by atoms with Crippen molar-refractivity contribution in [2.75, 3.05) is 26.3 Å². The standard InChI is InChI=1S/C15H18N4O3/c16-13(20)9-19-14(10-18-5-7-22-8-6-18)17-12-4-2-1-3-11(12)15(19)21/h1-4H,5-10H2,(H2,16,20). The number of rotatable bonds is 4. The number of hydrogen-bond acceptors (Lipinski definition) is 5. The molecule has 2 N–H and O–H groups in total. The zero-order valence-electron chi connectivity index (χ0n) is 12.2. The van der Waals surface area contributed by atoms with Crippen LogP contribution >= 0.6 is 0 Å². The van der Waals surface area contributed by atoms with E-state index in [0.29, 0.717) is 36.5 Å². The van der Waals surface area contributed by atoms with E-state index in [-0.39, 0.29) is 12.1 Å². The van der Waals surface area contributed by atoms with Crippen molar-refractivity contribution in [2.45, 2.75) is 13.1 Å². The van der Waals surface area contributed by atoms with Gasteiger partial charge in [0.15, 0.2) is 0 Å². The summed E-state index contributed by atoms with van der Waals surface area (Å²) in [7, 11) is 0. The number of amides is 1. The van der Waals surface area contributed by atoms with E-state index >= 15 is 0 Å². The number of morpholine rings is 1. The van der Waals surface area contributed by atoms with Crippen molar-refractivity contribution in [3.8, 4) is 0 Å². The third-order valence-corrected chi connectivity index (χ3v) is 3.72. The third kappa shape index (κ3) is 3.00. The Balaban J connectivity index is 2.05. The van der Waals surface area contributed by atoms with Gasteiger partial charge < -0.3 is 10.5 Å². The maximum absolute atomic E-state index is 12.6. The van der Waals surface area contributed by atoms with Crippen LogP contribution in [0.5, 0.6) is 0 Å². The molecular weight excluding hydrogens is 284 g/mol. The molecule has 1 saturated heterocycles. The summed E-state index contributed by atoms with van der Waals surface area (Å²) in [6.07, 6.45) is 0. The lowest BCUT2D eigenvalue weighted by Crippen LogP contribution is -2.39. The van der Waals surface area contributed by atoms with Crippen molar-refractivity contribution in [1.82, 2.24) is 14.5 Å². The molecule has 0 unspecified atom stereocenters. The SMILES string of the molecule is NC(=O)Cn1c(CN2CCOCC2)nc2ccccc2c1=O. The Hall–Kier alpha value is -2.25. The second kappa shape index (κ2) is 6.25. The lowest BCUT2D eigenvalue weighted by molar-refractivity contribution is -0.118. The molecule has 1 aromatic heterocycles. The number of nitrogens with two attached hydrogens (primary N) is 1. The first-order chi connectivity index (χ1) is 10.6. The van der Waals surface area contributed by atoms with Gasteiger partial charge in [-0.2, -0.15) is 0 Å². The van der Waals surface area contributed by atoms with Gasteiger partial charge >= 0.3 is 0 Å². The molecule has 2 aromatic rings. The molecule has 1 aromatic carbocycles. The van der Waals surface area contributed by atoms with Crippen molar-refractivity contribution >= 4 is 16.8 Å². The lowest BCUT2D eigenvalue weighted by Gasteiger charge is -2.27. The van der Waals surface area contributed by atoms with Gasteiger partial charge in [-0.05, 0) is 12.1 Å². The van der Waals surface area contributed by atoms with Gasteiger partial charge in [0, 0.05) is 13.1 Å². The molecule has 0 aliphatic carbocycles. The smallest absolute Gasteiger partial charge is 0.261 e. The van der Waals surface area contributed by atoms with Crippen LogP contribution in [0.3, 0.4) is 0 Å². The van der Waals surface area contributed by atoms with Gasteiger partial charge in [-0.25, -0.2) is 4.98 Å². The number of fused-ring (bicyclic) bond motifs is 1. The number of nitrogens with zero attached hydrogens (tertiary/aromatic N) is 3. The van der Waals surface area contributed by atoms with Gasteiger partial charge in [0.05, 0.1) is 30.7 Å². The predicted octanol–water partition coefficient (Wildman–Crippen LogP) is -0.286. The summed E-state index contributed by atoms with van der Waals surface area (Å²) in [5.74, 6) is 0.00630. The number of benzene rings is 1. The topological polar surface area (TPSA) is 90.5 Å². The minimum Gasteiger partial charge on any atom is -0.379 e. The molecule has 0 saturated carbocycles. The van der Waals surface area contributed by atoms with Gasteiger partial charge in [-0.1, -0.05) is 12.1 Å². The van der Waals surface area contributed by atoms with Gasteiger partial charge in [-0.3, -0.25) is 19.1 Å². The quantitative estimate of drug-likeness (QED) is 0.838. The van der Waals surface area contributed by atoms with Crippen LogP contribution in [0.1, 0.15) is 5.82 Å². The van der Waals surface area contributed by atoms with E-state index in [1.807, 2.05) is 6.07 Å². The molecule has 0 atom stereocenters. The molecule has 2 heterocycles. The summed E-state index contributed by atoms with van der Waals surface area (Å²) in [6.45, 7) is 3.22. The van der Waals surface area contributed by atoms with Crippen molar-refractivity contribution in [1.29, 1.82) is 0 Å². The first-order valence-electron chi connectivity index (χ1n) is 7.22. The molecule has 22 heavy (non-hydrogen) atoms. The fourth-order valence-corrected chi connectivity index (χ4v) is 2.61. The molecule has 0 spiro atoms. The second-order valence-electron chi connectivity index (χ2n) is 5.29. The van der Waals surface area contributed by atoms with Crippen molar-refractivity contribution in [2.24, 2.45) is 5.73 Å². The zero-order chi connectivity index (χ0) is 15.5. The highest BCUT2D eigenvalue weighted by atomic mass is 16.5. The van der Waals surface area contributed by atoms with E-state index in [1.165, 1.54) is 4.57 Å². The Morgan fingerprint density at radius 3 is 2.73 bits per heavy atom. The molecule has 1 fully saturated rings. The highest BCUT2D eigenvalue weighted by Gasteiger charge is 2.17. The molecule has 1 amide bonds. The largest absolute Gasteiger partial charge is 0.379 e. The minimum absolute atomic E-state index is 0.156. The summed E-state index contributed by atoms with van der Waals surface area (Å²) in [5.41, 5.74) is 5.69.